The zero-order chi connectivity index (χ0) is 27.0. The minimum atomic E-state index is -0.455. The van der Waals surface area contributed by atoms with E-state index in [1.54, 1.807) is 0 Å². The van der Waals surface area contributed by atoms with Crippen LogP contribution < -0.4 is 10.4 Å². The third kappa shape index (κ3) is 2.70. The highest BCUT2D eigenvalue weighted by atomic mass is 14.4. The highest BCUT2D eigenvalue weighted by Gasteiger charge is 2.42. The van der Waals surface area contributed by atoms with Crippen molar-refractivity contribution < 1.29 is 0 Å². The van der Waals surface area contributed by atoms with Crippen LogP contribution in [0.25, 0.3) is 44.2 Å². The zero-order valence-corrected chi connectivity index (χ0v) is 21.6. The molecular formula is C34H22N4. The molecule has 4 aromatic carbocycles. The monoisotopic (exact) mass is 486 g/mol. The first kappa shape index (κ1) is 23.3. The van der Waals surface area contributed by atoms with Crippen molar-refractivity contribution in [3.05, 3.63) is 93.4 Å². The Kier molecular flexibility index (Phi) is 4.69. The van der Waals surface area contributed by atoms with E-state index in [1.807, 2.05) is 42.5 Å². The van der Waals surface area contributed by atoms with Gasteiger partial charge in [0.1, 0.15) is 35.4 Å². The molecule has 4 heteroatoms. The van der Waals surface area contributed by atoms with E-state index in [0.29, 0.717) is 10.4 Å². The molecule has 0 aliphatic heterocycles. The van der Waals surface area contributed by atoms with Gasteiger partial charge in [-0.05, 0) is 67.4 Å². The lowest BCUT2D eigenvalue weighted by molar-refractivity contribution is 0.655. The Labute approximate surface area is 221 Å². The van der Waals surface area contributed by atoms with Crippen LogP contribution in [-0.4, -0.2) is 0 Å². The highest BCUT2D eigenvalue weighted by Crippen LogP contribution is 2.54. The molecule has 0 atom stereocenters. The van der Waals surface area contributed by atoms with Gasteiger partial charge in [-0.15, -0.1) is 0 Å². The Hall–Kier alpha value is -5.16. The molecule has 0 aromatic heterocycles. The van der Waals surface area contributed by atoms with Gasteiger partial charge in [-0.2, -0.15) is 21.0 Å². The molecule has 0 saturated heterocycles. The summed E-state index contributed by atoms with van der Waals surface area (Å²) in [6.07, 6.45) is 0. The Morgan fingerprint density at radius 2 is 1.00 bits per heavy atom. The van der Waals surface area contributed by atoms with Crippen molar-refractivity contribution >= 4 is 21.9 Å². The average Bonchev–Trinajstić information content (AvgIpc) is 3.31. The molecule has 0 amide bonds. The number of nitriles is 4. The molecule has 2 aliphatic rings. The van der Waals surface area contributed by atoms with Crippen molar-refractivity contribution in [1.82, 2.24) is 0 Å². The van der Waals surface area contributed by atoms with Gasteiger partial charge in [0.25, 0.3) is 0 Å². The van der Waals surface area contributed by atoms with Gasteiger partial charge in [0, 0.05) is 21.3 Å². The zero-order valence-electron chi connectivity index (χ0n) is 21.6. The summed E-state index contributed by atoms with van der Waals surface area (Å²) in [7, 11) is 0. The first-order chi connectivity index (χ1) is 18.2. The standard InChI is InChI=1S/C34H22N4/c1-33(2)28-12-8-6-10-22(28)30-25-13-23(19(15-35)16-36)29-21-9-5-7-11-27(21)34(3,4)32(29)26(25)14-24(31(30)33)20(17-37)18-38/h5-14H,1-4H3. The number of rotatable bonds is 0. The molecule has 0 radical (unpaired) electrons. The fraction of sp³-hybridized carbons (Fsp3) is 0.176. The molecule has 38 heavy (non-hydrogen) atoms. The summed E-state index contributed by atoms with van der Waals surface area (Å²) >= 11 is 0. The van der Waals surface area contributed by atoms with E-state index in [-0.39, 0.29) is 11.1 Å². The van der Waals surface area contributed by atoms with Gasteiger partial charge in [-0.25, -0.2) is 0 Å². The van der Waals surface area contributed by atoms with Crippen LogP contribution in [0.3, 0.4) is 0 Å². The van der Waals surface area contributed by atoms with Crippen molar-refractivity contribution in [2.24, 2.45) is 0 Å². The van der Waals surface area contributed by atoms with Crippen LogP contribution in [0.1, 0.15) is 49.9 Å². The molecule has 2 aliphatic carbocycles. The third-order valence-corrected chi connectivity index (χ3v) is 8.42. The molecule has 0 fully saturated rings. The highest BCUT2D eigenvalue weighted by molar-refractivity contribution is 6.09. The van der Waals surface area contributed by atoms with Gasteiger partial charge in [0.05, 0.1) is 0 Å². The number of hydrogen-bond acceptors (Lipinski definition) is 4. The fourth-order valence-electron chi connectivity index (χ4n) is 6.85. The van der Waals surface area contributed by atoms with Crippen LogP contribution in [-0.2, 0) is 10.8 Å². The molecule has 6 rings (SSSR count). The average molecular weight is 487 g/mol. The molecule has 0 saturated carbocycles. The van der Waals surface area contributed by atoms with Crippen molar-refractivity contribution in [2.75, 3.05) is 0 Å². The number of fused-ring (bicyclic) bond motifs is 9. The Balaban J connectivity index is 2.02. The van der Waals surface area contributed by atoms with Crippen LogP contribution in [0, 0.1) is 45.3 Å². The van der Waals surface area contributed by atoms with Crippen LogP contribution in [0.2, 0.25) is 0 Å². The summed E-state index contributed by atoms with van der Waals surface area (Å²) in [5, 5.41) is 43.1. The van der Waals surface area contributed by atoms with E-state index < -0.39 is 10.8 Å². The Morgan fingerprint density at radius 1 is 0.553 bits per heavy atom. The predicted molar refractivity (Wildman–Crippen MR) is 148 cm³/mol. The van der Waals surface area contributed by atoms with Gasteiger partial charge < -0.3 is 0 Å². The molecule has 178 valence electrons. The maximum Gasteiger partial charge on any atom is 0.137 e. The second-order valence-electron chi connectivity index (χ2n) is 11.0. The molecule has 0 unspecified atom stereocenters. The van der Waals surface area contributed by atoms with E-state index in [2.05, 4.69) is 70.2 Å². The van der Waals surface area contributed by atoms with Gasteiger partial charge in [0.2, 0.25) is 0 Å². The maximum absolute atomic E-state index is 10.0. The van der Waals surface area contributed by atoms with Crippen LogP contribution in [0.4, 0.5) is 0 Å². The third-order valence-electron chi connectivity index (χ3n) is 8.42. The molecule has 0 heterocycles. The lowest BCUT2D eigenvalue weighted by atomic mass is 9.76. The van der Waals surface area contributed by atoms with Crippen LogP contribution in [0.5, 0.6) is 0 Å². The second-order valence-corrected chi connectivity index (χ2v) is 11.0. The Bertz CT molecular complexity index is 2030. The summed E-state index contributed by atoms with van der Waals surface area (Å²) < 4.78 is 0. The minimum absolute atomic E-state index is 0.0697. The van der Waals surface area contributed by atoms with E-state index in [0.717, 1.165) is 55.3 Å². The molecule has 4 nitrogen and oxygen atoms in total. The topological polar surface area (TPSA) is 95.2 Å². The van der Waals surface area contributed by atoms with Crippen LogP contribution >= 0.6 is 0 Å². The van der Waals surface area contributed by atoms with Crippen molar-refractivity contribution in [3.63, 3.8) is 0 Å². The molecule has 0 spiro atoms. The lowest BCUT2D eigenvalue weighted by Gasteiger charge is -2.26. The van der Waals surface area contributed by atoms with E-state index >= 15 is 0 Å². The quantitative estimate of drug-likeness (QED) is 0.312. The SMILES string of the molecule is CC1(C)c2ccccc2-c2c1c(=C(C#N)C#N)cc1c3c(c(=C(C#N)C#N)cc21)-c1ccccc1C3(C)C. The first-order valence-corrected chi connectivity index (χ1v) is 12.5. The van der Waals surface area contributed by atoms with Gasteiger partial charge in [-0.3, -0.25) is 0 Å². The van der Waals surface area contributed by atoms with E-state index in [9.17, 15) is 21.0 Å². The van der Waals surface area contributed by atoms with Gasteiger partial charge in [-0.1, -0.05) is 76.2 Å². The molecular weight excluding hydrogens is 464 g/mol. The smallest absolute Gasteiger partial charge is 0.137 e. The lowest BCUT2D eigenvalue weighted by Crippen LogP contribution is -2.26. The predicted octanol–water partition coefficient (Wildman–Crippen LogP) is 5.85. The first-order valence-electron chi connectivity index (χ1n) is 12.5. The van der Waals surface area contributed by atoms with Gasteiger partial charge >= 0.3 is 0 Å². The van der Waals surface area contributed by atoms with Crippen molar-refractivity contribution in [3.8, 4) is 46.5 Å². The number of nitrogens with zero attached hydrogens (tertiary/aromatic N) is 4. The van der Waals surface area contributed by atoms with Gasteiger partial charge in [0.15, 0.2) is 0 Å². The second kappa shape index (κ2) is 7.67. The largest absolute Gasteiger partial charge is 0.192 e. The minimum Gasteiger partial charge on any atom is -0.192 e. The summed E-state index contributed by atoms with van der Waals surface area (Å²) in [6.45, 7) is 8.55. The number of hydrogen-bond donors (Lipinski definition) is 0. The van der Waals surface area contributed by atoms with E-state index in [1.165, 1.54) is 0 Å². The van der Waals surface area contributed by atoms with Crippen molar-refractivity contribution in [1.29, 1.82) is 21.0 Å². The molecule has 0 N–H and O–H groups in total. The normalized spacial score (nSPS) is 14.6. The van der Waals surface area contributed by atoms with Crippen molar-refractivity contribution in [2.45, 2.75) is 38.5 Å². The number of benzene rings is 4. The van der Waals surface area contributed by atoms with Crippen LogP contribution in [0.15, 0.2) is 60.7 Å². The molecule has 0 bridgehead atoms. The summed E-state index contributed by atoms with van der Waals surface area (Å²) in [4.78, 5) is 0. The maximum atomic E-state index is 10.0. The van der Waals surface area contributed by atoms with E-state index in [4.69, 9.17) is 0 Å². The summed E-state index contributed by atoms with van der Waals surface area (Å²) in [5.74, 6) is 0. The fourth-order valence-corrected chi connectivity index (χ4v) is 6.85. The summed E-state index contributed by atoms with van der Waals surface area (Å²) in [5.41, 5.74) is 7.32. The summed E-state index contributed by atoms with van der Waals surface area (Å²) in [6, 6.07) is 28.8. The Morgan fingerprint density at radius 3 is 1.55 bits per heavy atom. The molecule has 4 aromatic rings.